The van der Waals surface area contributed by atoms with E-state index < -0.39 is 0 Å². The molecule has 4 unspecified atom stereocenters. The number of nitrogens with one attached hydrogen (secondary N) is 2. The van der Waals surface area contributed by atoms with Gasteiger partial charge in [0, 0.05) is 91.2 Å². The van der Waals surface area contributed by atoms with Gasteiger partial charge >= 0.3 is 29.6 Å². The second-order valence-corrected chi connectivity index (χ2v) is 22.6. The molecular formula is C63H100N9NaS. The molecule has 3 aromatic heterocycles. The number of thiazole rings is 1. The minimum absolute atomic E-state index is 0. The summed E-state index contributed by atoms with van der Waals surface area (Å²) in [4.78, 5) is 18.8. The van der Waals surface area contributed by atoms with Crippen LogP contribution in [0.1, 0.15) is 175 Å². The third-order valence-corrected chi connectivity index (χ3v) is 17.2. The molecule has 8 rings (SSSR count). The van der Waals surface area contributed by atoms with Gasteiger partial charge in [-0.1, -0.05) is 118 Å². The topological polar surface area (TPSA) is 90.5 Å². The van der Waals surface area contributed by atoms with Gasteiger partial charge in [-0.3, -0.25) is 26.1 Å². The Balaban J connectivity index is 0.00000163. The van der Waals surface area contributed by atoms with Crippen LogP contribution in [-0.2, 0) is 19.4 Å². The van der Waals surface area contributed by atoms with E-state index >= 15 is 0 Å². The van der Waals surface area contributed by atoms with E-state index in [9.17, 15) is 0 Å². The number of nitrogens with two attached hydrogens (primary N) is 1. The zero-order valence-corrected chi connectivity index (χ0v) is 51.5. The molecule has 0 amide bonds. The molecule has 9 nitrogen and oxygen atoms in total. The average Bonchev–Trinajstić information content (AvgIpc) is 4.27. The van der Waals surface area contributed by atoms with Crippen molar-refractivity contribution in [2.45, 2.75) is 197 Å². The second kappa shape index (κ2) is 31.9. The van der Waals surface area contributed by atoms with Crippen LogP contribution < -0.4 is 51.0 Å². The molecular weight excluding hydrogens is 938 g/mol. The average molecular weight is 1040 g/mol. The number of hydrogen-bond acceptors (Lipinski definition) is 9. The van der Waals surface area contributed by atoms with Crippen molar-refractivity contribution in [2.75, 3.05) is 50.7 Å². The van der Waals surface area contributed by atoms with Gasteiger partial charge in [-0.25, -0.2) is 11.4 Å². The maximum Gasteiger partial charge on any atom is 1.00 e. The largest absolute Gasteiger partial charge is 1.00 e. The first kappa shape index (κ1) is 63.4. The minimum Gasteiger partial charge on any atom is -0.381 e. The Morgan fingerprint density at radius 1 is 0.946 bits per heavy atom. The number of hydrazine groups is 1. The van der Waals surface area contributed by atoms with E-state index in [1.54, 1.807) is 11.3 Å². The SMILES string of the molecule is C#C.C=C(CCCCNN)C(Cc1nc(-c2ccc3c(c2)c(CC(C)(C)CCC)c(-c2cc(N4CCN5CCCCC5C4)cnc2[CH-]C)n3CC)cs1)NC(=C)C(C1CCCC1)N1CCC(CC)C1.CC.CC.[Na+]. The third-order valence-electron chi connectivity index (χ3n) is 16.3. The minimum atomic E-state index is 0. The van der Waals surface area contributed by atoms with E-state index in [0.29, 0.717) is 18.0 Å². The Morgan fingerprint density at radius 3 is 2.36 bits per heavy atom. The molecule has 4 aliphatic rings. The molecule has 1 saturated carbocycles. The van der Waals surface area contributed by atoms with Gasteiger partial charge in [0.05, 0.1) is 22.8 Å². The van der Waals surface area contributed by atoms with Crippen LogP contribution in [0.4, 0.5) is 5.69 Å². The van der Waals surface area contributed by atoms with E-state index in [0.717, 1.165) is 87.1 Å². The first-order chi connectivity index (χ1) is 35.5. The molecule has 3 aliphatic heterocycles. The van der Waals surface area contributed by atoms with E-state index in [1.165, 1.54) is 141 Å². The van der Waals surface area contributed by atoms with Crippen molar-refractivity contribution >= 4 is 27.9 Å². The van der Waals surface area contributed by atoms with Crippen molar-refractivity contribution in [1.82, 2.24) is 35.1 Å². The molecule has 11 heteroatoms. The number of unbranched alkanes of at least 4 members (excludes halogenated alkanes) is 1. The van der Waals surface area contributed by atoms with Gasteiger partial charge in [-0.15, -0.1) is 42.7 Å². The van der Waals surface area contributed by atoms with E-state index in [1.807, 2.05) is 27.7 Å². The van der Waals surface area contributed by atoms with Crippen LogP contribution in [0.25, 0.3) is 33.4 Å². The number of nitrogens with zero attached hydrogens (tertiary/aromatic N) is 6. The standard InChI is InChI=1S/C57H86N9S.2C2H6.C2H2.Na/c1-9-26-57(7,8)35-49-47-32-44(23-24-53(47)66(12-4)56(49)48-33-46(36-59-50(48)11-3)64-31-30-63-28-18-16-22-45(63)38-64)52-39-67-54(62-52)34-51(40(5)19-15-17-27-60-58)61-41(6)55(43-20-13-14-21-43)65-29-25-42(10-2)37-65;3*1-2;/h11,23-24,32-33,36,39,42-43,45,51,55,60-61H,5-6,9-10,12-22,25-31,34-35,37-38,58H2,1-4,7-8H3;2*1-2H3;1-2H;/q-1;;;;+1. The smallest absolute Gasteiger partial charge is 0.381 e. The van der Waals surface area contributed by atoms with Crippen LogP contribution in [0.5, 0.6) is 0 Å². The summed E-state index contributed by atoms with van der Waals surface area (Å²) in [6, 6.07) is 10.7. The number of likely N-dealkylation sites (tertiary alicyclic amines) is 1. The van der Waals surface area contributed by atoms with Crippen molar-refractivity contribution in [1.29, 1.82) is 0 Å². The van der Waals surface area contributed by atoms with Crippen molar-refractivity contribution in [3.8, 4) is 35.4 Å². The fraction of sp³-hybridized carbons (Fsp3) is 0.635. The first-order valence-electron chi connectivity index (χ1n) is 29.1. The number of aromatic nitrogens is 3. The molecule has 4 aromatic rings. The molecule has 404 valence electrons. The van der Waals surface area contributed by atoms with Crippen molar-refractivity contribution < 1.29 is 29.6 Å². The Bertz CT molecular complexity index is 2320. The van der Waals surface area contributed by atoms with Gasteiger partial charge in [-0.05, 0) is 125 Å². The second-order valence-electron chi connectivity index (χ2n) is 21.6. The van der Waals surface area contributed by atoms with Crippen molar-refractivity contribution in [3.63, 3.8) is 0 Å². The summed E-state index contributed by atoms with van der Waals surface area (Å²) in [5.41, 5.74) is 15.3. The summed E-state index contributed by atoms with van der Waals surface area (Å²) < 4.78 is 2.58. The van der Waals surface area contributed by atoms with Gasteiger partial charge in [0.1, 0.15) is 0 Å². The number of piperazine rings is 1. The predicted octanol–water partition coefficient (Wildman–Crippen LogP) is 11.3. The molecule has 4 atom stereocenters. The summed E-state index contributed by atoms with van der Waals surface area (Å²) in [5, 5.41) is 8.84. The van der Waals surface area contributed by atoms with Crippen LogP contribution in [0.3, 0.4) is 0 Å². The van der Waals surface area contributed by atoms with Crippen LogP contribution in [0.2, 0.25) is 0 Å². The Kier molecular flexibility index (Phi) is 27.4. The number of hydrogen-bond donors (Lipinski definition) is 3. The first-order valence-corrected chi connectivity index (χ1v) is 29.9. The summed E-state index contributed by atoms with van der Waals surface area (Å²) in [5.74, 6) is 7.12. The molecule has 0 radical (unpaired) electrons. The van der Waals surface area contributed by atoms with Gasteiger partial charge in [0.15, 0.2) is 0 Å². The van der Waals surface area contributed by atoms with E-state index in [4.69, 9.17) is 29.0 Å². The molecule has 1 aliphatic carbocycles. The number of pyridine rings is 1. The zero-order chi connectivity index (χ0) is 53.1. The predicted molar refractivity (Wildman–Crippen MR) is 318 cm³/mol. The zero-order valence-electron chi connectivity index (χ0n) is 48.6. The number of anilines is 1. The third kappa shape index (κ3) is 16.0. The fourth-order valence-corrected chi connectivity index (χ4v) is 13.5. The molecule has 3 saturated heterocycles. The number of aryl methyl sites for hydroxylation is 1. The normalized spacial score (nSPS) is 18.9. The van der Waals surface area contributed by atoms with Crippen LogP contribution in [-0.4, -0.2) is 88.3 Å². The monoisotopic (exact) mass is 1040 g/mol. The molecule has 0 spiro atoms. The molecule has 4 N–H and O–H groups in total. The summed E-state index contributed by atoms with van der Waals surface area (Å²) in [7, 11) is 0. The number of piperidine rings is 1. The quantitative estimate of drug-likeness (QED) is 0.0129. The fourth-order valence-electron chi connectivity index (χ4n) is 12.7. The Labute approximate surface area is 478 Å². The summed E-state index contributed by atoms with van der Waals surface area (Å²) in [6.07, 6.45) is 31.4. The van der Waals surface area contributed by atoms with Crippen LogP contribution in [0, 0.1) is 36.5 Å². The maximum atomic E-state index is 5.66. The van der Waals surface area contributed by atoms with E-state index in [2.05, 4.69) is 127 Å². The van der Waals surface area contributed by atoms with Gasteiger partial charge in [0.2, 0.25) is 0 Å². The maximum absolute atomic E-state index is 5.66. The summed E-state index contributed by atoms with van der Waals surface area (Å²) in [6.45, 7) is 40.2. The number of fused-ring (bicyclic) bond motifs is 2. The van der Waals surface area contributed by atoms with E-state index in [-0.39, 0.29) is 41.0 Å². The molecule has 74 heavy (non-hydrogen) atoms. The number of rotatable bonds is 23. The molecule has 0 bridgehead atoms. The van der Waals surface area contributed by atoms with Crippen molar-refractivity contribution in [3.05, 3.63) is 83.0 Å². The number of terminal acetylenes is 1. The van der Waals surface area contributed by atoms with Crippen LogP contribution in [0.15, 0.2) is 60.3 Å². The van der Waals surface area contributed by atoms with Gasteiger partial charge < -0.3 is 14.8 Å². The molecule has 4 fully saturated rings. The van der Waals surface area contributed by atoms with Crippen LogP contribution >= 0.6 is 11.3 Å². The summed E-state index contributed by atoms with van der Waals surface area (Å²) >= 11 is 1.79. The Morgan fingerprint density at radius 2 is 1.69 bits per heavy atom. The van der Waals surface area contributed by atoms with Gasteiger partial charge in [-0.2, -0.15) is 0 Å². The van der Waals surface area contributed by atoms with Crippen molar-refractivity contribution in [2.24, 2.45) is 23.1 Å². The Hall–Kier alpha value is -3.11. The molecule has 6 heterocycles. The number of benzene rings is 1. The molecule has 1 aromatic carbocycles. The van der Waals surface area contributed by atoms with Gasteiger partial charge in [0.25, 0.3) is 0 Å².